The van der Waals surface area contributed by atoms with Gasteiger partial charge in [-0.1, -0.05) is 11.6 Å². The zero-order valence-corrected chi connectivity index (χ0v) is 14.2. The number of aromatic amines is 1. The first kappa shape index (κ1) is 14.6. The highest BCUT2D eigenvalue weighted by atomic mass is 16.5. The maximum atomic E-state index is 10.0. The topological polar surface area (TPSA) is 48.5 Å². The van der Waals surface area contributed by atoms with Crippen LogP contribution in [-0.2, 0) is 6.42 Å². The number of rotatable bonds is 2. The van der Waals surface area contributed by atoms with Crippen LogP contribution in [0.4, 0.5) is 0 Å². The predicted octanol–water partition coefficient (Wildman–Crippen LogP) is 3.03. The van der Waals surface area contributed by atoms with E-state index in [0.29, 0.717) is 30.5 Å². The minimum atomic E-state index is 0.293. The molecule has 24 heavy (non-hydrogen) atoms. The van der Waals surface area contributed by atoms with Crippen molar-refractivity contribution in [2.24, 2.45) is 11.8 Å². The lowest BCUT2D eigenvalue weighted by atomic mass is 9.64. The Morgan fingerprint density at radius 2 is 2.29 bits per heavy atom. The summed E-state index contributed by atoms with van der Waals surface area (Å²) in [6.45, 7) is 3.49. The summed E-state index contributed by atoms with van der Waals surface area (Å²) in [5.41, 5.74) is 5.55. The molecule has 3 fully saturated rings. The lowest BCUT2D eigenvalue weighted by molar-refractivity contribution is -0.0503. The SMILES string of the molecule is C/C=C1/CN2[C@H]3C[C@@H]1C(CO)[C@@H]2Cc1c3[nH]c2cc(OC)ccc12. The van der Waals surface area contributed by atoms with Crippen LogP contribution < -0.4 is 4.74 Å². The molecule has 0 spiro atoms. The van der Waals surface area contributed by atoms with Gasteiger partial charge >= 0.3 is 0 Å². The molecule has 126 valence electrons. The number of benzene rings is 1. The van der Waals surface area contributed by atoms with Crippen LogP contribution in [0.25, 0.3) is 10.9 Å². The Bertz CT molecular complexity index is 838. The first-order chi connectivity index (χ1) is 11.7. The molecule has 4 aliphatic heterocycles. The smallest absolute Gasteiger partial charge is 0.120 e. The number of ether oxygens (including phenoxy) is 1. The largest absolute Gasteiger partial charge is 0.497 e. The van der Waals surface area contributed by atoms with Gasteiger partial charge in [0.2, 0.25) is 0 Å². The Kier molecular flexibility index (Phi) is 3.10. The molecule has 0 radical (unpaired) electrons. The summed E-state index contributed by atoms with van der Waals surface area (Å²) in [6.07, 6.45) is 4.43. The lowest BCUT2D eigenvalue weighted by Gasteiger charge is -2.58. The van der Waals surface area contributed by atoms with Gasteiger partial charge in [-0.05, 0) is 43.4 Å². The number of nitrogens with one attached hydrogen (secondary N) is 1. The monoisotopic (exact) mass is 324 g/mol. The Morgan fingerprint density at radius 3 is 3.04 bits per heavy atom. The fourth-order valence-corrected chi connectivity index (χ4v) is 5.48. The van der Waals surface area contributed by atoms with E-state index in [1.165, 1.54) is 27.7 Å². The molecule has 2 aromatic rings. The van der Waals surface area contributed by atoms with Crippen LogP contribution >= 0.6 is 0 Å². The zero-order chi connectivity index (χ0) is 16.4. The van der Waals surface area contributed by atoms with Crippen LogP contribution in [0.3, 0.4) is 0 Å². The van der Waals surface area contributed by atoms with Gasteiger partial charge in [0, 0.05) is 47.8 Å². The van der Waals surface area contributed by atoms with Gasteiger partial charge in [-0.15, -0.1) is 0 Å². The first-order valence-electron chi connectivity index (χ1n) is 8.95. The van der Waals surface area contributed by atoms with Gasteiger partial charge in [0.05, 0.1) is 13.2 Å². The second-order valence-electron chi connectivity index (χ2n) is 7.44. The third-order valence-electron chi connectivity index (χ3n) is 6.63. The van der Waals surface area contributed by atoms with E-state index in [-0.39, 0.29) is 0 Å². The minimum absolute atomic E-state index is 0.293. The van der Waals surface area contributed by atoms with Gasteiger partial charge in [0.1, 0.15) is 5.75 Å². The van der Waals surface area contributed by atoms with Crippen LogP contribution in [0, 0.1) is 11.8 Å². The van der Waals surface area contributed by atoms with Gasteiger partial charge in [0.15, 0.2) is 0 Å². The molecule has 4 nitrogen and oxygen atoms in total. The highest BCUT2D eigenvalue weighted by Crippen LogP contribution is 2.54. The first-order valence-corrected chi connectivity index (χ1v) is 8.95. The summed E-state index contributed by atoms with van der Waals surface area (Å²) in [5.74, 6) is 1.81. The Hall–Kier alpha value is -1.78. The van der Waals surface area contributed by atoms with Crippen molar-refractivity contribution < 1.29 is 9.84 Å². The molecule has 2 unspecified atom stereocenters. The number of hydrogen-bond acceptors (Lipinski definition) is 3. The number of aromatic nitrogens is 1. The van der Waals surface area contributed by atoms with Crippen molar-refractivity contribution in [3.63, 3.8) is 0 Å². The second kappa shape index (κ2) is 5.11. The fraction of sp³-hybridized carbons (Fsp3) is 0.500. The summed E-state index contributed by atoms with van der Waals surface area (Å²) in [5, 5.41) is 11.4. The van der Waals surface area contributed by atoms with Crippen LogP contribution in [0.2, 0.25) is 0 Å². The second-order valence-corrected chi connectivity index (χ2v) is 7.44. The van der Waals surface area contributed by atoms with Crippen molar-refractivity contribution >= 4 is 10.9 Å². The van der Waals surface area contributed by atoms with E-state index in [1.54, 1.807) is 7.11 Å². The third kappa shape index (κ3) is 1.76. The summed E-state index contributed by atoms with van der Waals surface area (Å²) < 4.78 is 5.38. The van der Waals surface area contributed by atoms with E-state index in [2.05, 4.69) is 41.1 Å². The molecule has 6 rings (SSSR count). The molecule has 5 atom stereocenters. The van der Waals surface area contributed by atoms with Crippen molar-refractivity contribution in [1.29, 1.82) is 0 Å². The number of allylic oxidation sites excluding steroid dienone is 1. The highest BCUT2D eigenvalue weighted by molar-refractivity contribution is 5.86. The Balaban J connectivity index is 1.65. The number of H-pyrrole nitrogens is 1. The predicted molar refractivity (Wildman–Crippen MR) is 94.2 cm³/mol. The summed E-state index contributed by atoms with van der Waals surface area (Å²) >= 11 is 0. The van der Waals surface area contributed by atoms with Gasteiger partial charge in [-0.3, -0.25) is 4.90 Å². The molecule has 3 saturated heterocycles. The standard InChI is InChI=1S/C20H24N2O2/c1-3-11-9-22-18-8-15-13-5-4-12(24-2)6-17(13)21-20(15)19(22)7-14(11)16(18)10-23/h3-6,14,16,18-19,21,23H,7-10H2,1-2H3/b11-3-/t14-,16?,18-,19-/m0/s1. The van der Waals surface area contributed by atoms with Crippen LogP contribution in [0.5, 0.6) is 5.75 Å². The van der Waals surface area contributed by atoms with E-state index in [4.69, 9.17) is 4.74 Å². The molecule has 4 bridgehead atoms. The molecule has 5 heterocycles. The van der Waals surface area contributed by atoms with Crippen molar-refractivity contribution in [1.82, 2.24) is 9.88 Å². The summed E-state index contributed by atoms with van der Waals surface area (Å²) in [4.78, 5) is 6.32. The molecule has 1 aromatic carbocycles. The summed E-state index contributed by atoms with van der Waals surface area (Å²) in [7, 11) is 1.71. The molecule has 4 heteroatoms. The van der Waals surface area contributed by atoms with Gasteiger partial charge in [0.25, 0.3) is 0 Å². The number of nitrogens with zero attached hydrogens (tertiary/aromatic N) is 1. The number of aliphatic hydroxyl groups excluding tert-OH is 1. The molecular weight excluding hydrogens is 300 g/mol. The van der Waals surface area contributed by atoms with Crippen molar-refractivity contribution in [2.75, 3.05) is 20.3 Å². The van der Waals surface area contributed by atoms with E-state index < -0.39 is 0 Å². The number of methoxy groups -OCH3 is 1. The van der Waals surface area contributed by atoms with E-state index >= 15 is 0 Å². The van der Waals surface area contributed by atoms with Crippen LogP contribution in [0.1, 0.15) is 30.6 Å². The number of piperidine rings is 3. The van der Waals surface area contributed by atoms with Crippen LogP contribution in [-0.4, -0.2) is 41.3 Å². The normalized spacial score (nSPS) is 35.5. The number of fused-ring (bicyclic) bond motifs is 4. The molecular formula is C20H24N2O2. The quantitative estimate of drug-likeness (QED) is 0.835. The number of aliphatic hydroxyl groups is 1. The maximum Gasteiger partial charge on any atom is 0.120 e. The average molecular weight is 324 g/mol. The summed E-state index contributed by atoms with van der Waals surface area (Å²) in [6, 6.07) is 7.27. The zero-order valence-electron chi connectivity index (χ0n) is 14.2. The molecule has 2 N–H and O–H groups in total. The van der Waals surface area contributed by atoms with Crippen molar-refractivity contribution in [2.45, 2.75) is 31.8 Å². The fourth-order valence-electron chi connectivity index (χ4n) is 5.48. The van der Waals surface area contributed by atoms with Gasteiger partial charge < -0.3 is 14.8 Å². The third-order valence-corrected chi connectivity index (χ3v) is 6.63. The van der Waals surface area contributed by atoms with Gasteiger partial charge in [-0.25, -0.2) is 0 Å². The molecule has 4 aliphatic rings. The van der Waals surface area contributed by atoms with Crippen molar-refractivity contribution in [3.05, 3.63) is 41.1 Å². The Labute approximate surface area is 142 Å². The maximum absolute atomic E-state index is 10.0. The molecule has 0 amide bonds. The molecule has 0 saturated carbocycles. The average Bonchev–Trinajstić information content (AvgIpc) is 2.99. The van der Waals surface area contributed by atoms with E-state index in [1.807, 2.05) is 0 Å². The van der Waals surface area contributed by atoms with E-state index in [0.717, 1.165) is 25.1 Å². The highest BCUT2D eigenvalue weighted by Gasteiger charge is 2.52. The lowest BCUT2D eigenvalue weighted by Crippen LogP contribution is -2.60. The molecule has 1 aromatic heterocycles. The Morgan fingerprint density at radius 1 is 1.42 bits per heavy atom. The van der Waals surface area contributed by atoms with Crippen LogP contribution in [0.15, 0.2) is 29.8 Å². The van der Waals surface area contributed by atoms with Crippen molar-refractivity contribution in [3.8, 4) is 5.75 Å². The van der Waals surface area contributed by atoms with Gasteiger partial charge in [-0.2, -0.15) is 0 Å². The number of hydrogen-bond donors (Lipinski definition) is 2. The molecule has 0 aliphatic carbocycles. The minimum Gasteiger partial charge on any atom is -0.497 e. The van der Waals surface area contributed by atoms with E-state index in [9.17, 15) is 5.11 Å².